The third-order valence-electron chi connectivity index (χ3n) is 5.60. The van der Waals surface area contributed by atoms with E-state index in [-0.39, 0.29) is 11.6 Å². The molecule has 1 aromatic carbocycles. The van der Waals surface area contributed by atoms with Crippen LogP contribution in [0.25, 0.3) is 10.9 Å². The van der Waals surface area contributed by atoms with Crippen LogP contribution < -0.4 is 10.5 Å². The molecule has 2 aliphatic rings. The van der Waals surface area contributed by atoms with Gasteiger partial charge in [0.05, 0.1) is 16.9 Å². The molecule has 0 spiro atoms. The molecule has 0 amide bonds. The van der Waals surface area contributed by atoms with Crippen LogP contribution >= 0.6 is 0 Å². The van der Waals surface area contributed by atoms with E-state index in [1.165, 1.54) is 12.8 Å². The second-order valence-corrected chi connectivity index (χ2v) is 7.76. The molecule has 0 bridgehead atoms. The van der Waals surface area contributed by atoms with Gasteiger partial charge in [-0.3, -0.25) is 9.36 Å². The lowest BCUT2D eigenvalue weighted by molar-refractivity contribution is 0.524. The summed E-state index contributed by atoms with van der Waals surface area (Å²) in [6.45, 7) is 3.65. The number of aromatic nitrogens is 4. The Labute approximate surface area is 157 Å². The summed E-state index contributed by atoms with van der Waals surface area (Å²) < 4.78 is 1.93. The molecule has 138 valence electrons. The minimum Gasteiger partial charge on any atom is -0.331 e. The van der Waals surface area contributed by atoms with Crippen molar-refractivity contribution >= 4 is 16.9 Å². The Bertz CT molecular complexity index is 1040. The van der Waals surface area contributed by atoms with E-state index >= 15 is 0 Å². The Kier molecular flexibility index (Phi) is 3.92. The normalized spacial score (nSPS) is 19.7. The molecule has 1 aliphatic heterocycles. The first-order valence-electron chi connectivity index (χ1n) is 9.75. The van der Waals surface area contributed by atoms with Gasteiger partial charge in [-0.25, -0.2) is 15.0 Å². The molecule has 3 heterocycles. The van der Waals surface area contributed by atoms with E-state index in [0.717, 1.165) is 48.8 Å². The topological polar surface area (TPSA) is 63.9 Å². The molecule has 6 heteroatoms. The summed E-state index contributed by atoms with van der Waals surface area (Å²) in [5.74, 6) is 2.20. The van der Waals surface area contributed by atoms with Gasteiger partial charge in [0.2, 0.25) is 5.95 Å². The molecule has 1 saturated heterocycles. The monoisotopic (exact) mass is 361 g/mol. The van der Waals surface area contributed by atoms with Crippen molar-refractivity contribution in [1.82, 2.24) is 19.5 Å². The van der Waals surface area contributed by atoms with Gasteiger partial charge in [0.1, 0.15) is 5.82 Å². The SMILES string of the molecule is Cc1cnc(N2CCCC2c2nc3ccccc3c(=O)n2CC2CC2)nc1. The van der Waals surface area contributed by atoms with Crippen LogP contribution in [0, 0.1) is 12.8 Å². The van der Waals surface area contributed by atoms with E-state index in [9.17, 15) is 4.79 Å². The zero-order valence-electron chi connectivity index (χ0n) is 15.5. The third kappa shape index (κ3) is 2.99. The summed E-state index contributed by atoms with van der Waals surface area (Å²) in [6.07, 6.45) is 8.12. The molecule has 1 unspecified atom stereocenters. The maximum atomic E-state index is 13.2. The summed E-state index contributed by atoms with van der Waals surface area (Å²) in [5, 5.41) is 0.707. The smallest absolute Gasteiger partial charge is 0.261 e. The van der Waals surface area contributed by atoms with Crippen LogP contribution in [-0.4, -0.2) is 26.1 Å². The molecule has 0 N–H and O–H groups in total. The molecule has 27 heavy (non-hydrogen) atoms. The van der Waals surface area contributed by atoms with Crippen LogP contribution in [-0.2, 0) is 6.54 Å². The molecule has 0 radical (unpaired) electrons. The van der Waals surface area contributed by atoms with Crippen molar-refractivity contribution in [3.05, 3.63) is 58.4 Å². The minimum absolute atomic E-state index is 0.0452. The Hall–Kier alpha value is -2.76. The van der Waals surface area contributed by atoms with Crippen LogP contribution in [0.2, 0.25) is 0 Å². The van der Waals surface area contributed by atoms with Gasteiger partial charge in [-0.1, -0.05) is 12.1 Å². The number of fused-ring (bicyclic) bond motifs is 1. The van der Waals surface area contributed by atoms with E-state index in [1.54, 1.807) is 0 Å². The number of hydrogen-bond acceptors (Lipinski definition) is 5. The number of hydrogen-bond donors (Lipinski definition) is 0. The maximum absolute atomic E-state index is 13.2. The third-order valence-corrected chi connectivity index (χ3v) is 5.60. The summed E-state index contributed by atoms with van der Waals surface area (Å²) in [5.41, 5.74) is 1.91. The Balaban J connectivity index is 1.63. The van der Waals surface area contributed by atoms with E-state index in [1.807, 2.05) is 48.1 Å². The highest BCUT2D eigenvalue weighted by Gasteiger charge is 2.33. The molecule has 3 aromatic rings. The number of benzene rings is 1. The molecule has 1 saturated carbocycles. The number of aryl methyl sites for hydroxylation is 1. The fourth-order valence-electron chi connectivity index (χ4n) is 3.98. The van der Waals surface area contributed by atoms with Crippen molar-refractivity contribution in [2.24, 2.45) is 5.92 Å². The maximum Gasteiger partial charge on any atom is 0.261 e. The van der Waals surface area contributed by atoms with E-state index in [0.29, 0.717) is 11.3 Å². The van der Waals surface area contributed by atoms with E-state index in [4.69, 9.17) is 4.98 Å². The molecule has 6 nitrogen and oxygen atoms in total. The number of anilines is 1. The average Bonchev–Trinajstić information content (AvgIpc) is 3.38. The number of rotatable bonds is 4. The largest absolute Gasteiger partial charge is 0.331 e. The summed E-state index contributed by atoms with van der Waals surface area (Å²) in [4.78, 5) is 29.4. The van der Waals surface area contributed by atoms with Gasteiger partial charge in [0, 0.05) is 25.5 Å². The van der Waals surface area contributed by atoms with Gasteiger partial charge in [0.25, 0.3) is 5.56 Å². The van der Waals surface area contributed by atoms with Crippen molar-refractivity contribution in [1.29, 1.82) is 0 Å². The molecule has 1 atom stereocenters. The first-order valence-corrected chi connectivity index (χ1v) is 9.75. The van der Waals surface area contributed by atoms with Gasteiger partial charge >= 0.3 is 0 Å². The standard InChI is InChI=1S/C21H23N5O/c1-14-11-22-21(23-12-14)25-10-4-7-18(25)19-24-17-6-3-2-5-16(17)20(27)26(19)13-15-8-9-15/h2-3,5-6,11-12,15,18H,4,7-10,13H2,1H3. The van der Waals surface area contributed by atoms with Gasteiger partial charge in [-0.15, -0.1) is 0 Å². The van der Waals surface area contributed by atoms with Crippen molar-refractivity contribution < 1.29 is 0 Å². The summed E-state index contributed by atoms with van der Waals surface area (Å²) in [7, 11) is 0. The zero-order valence-corrected chi connectivity index (χ0v) is 15.5. The zero-order chi connectivity index (χ0) is 18.4. The van der Waals surface area contributed by atoms with Crippen molar-refractivity contribution in [2.75, 3.05) is 11.4 Å². The molecular weight excluding hydrogens is 338 g/mol. The quantitative estimate of drug-likeness (QED) is 0.714. The fraction of sp³-hybridized carbons (Fsp3) is 0.429. The first-order chi connectivity index (χ1) is 13.2. The molecular formula is C21H23N5O. The Morgan fingerprint density at radius 3 is 2.67 bits per heavy atom. The second-order valence-electron chi connectivity index (χ2n) is 7.76. The van der Waals surface area contributed by atoms with E-state index < -0.39 is 0 Å². The first kappa shape index (κ1) is 16.4. The minimum atomic E-state index is 0.0452. The van der Waals surface area contributed by atoms with Crippen LogP contribution in [0.1, 0.15) is 43.1 Å². The lowest BCUT2D eigenvalue weighted by Crippen LogP contribution is -2.33. The fourth-order valence-corrected chi connectivity index (χ4v) is 3.98. The molecule has 2 fully saturated rings. The van der Waals surface area contributed by atoms with Crippen molar-refractivity contribution in [3.63, 3.8) is 0 Å². The lowest BCUT2D eigenvalue weighted by Gasteiger charge is -2.26. The Morgan fingerprint density at radius 1 is 1.11 bits per heavy atom. The number of nitrogens with zero attached hydrogens (tertiary/aromatic N) is 5. The average molecular weight is 361 g/mol. The summed E-state index contributed by atoms with van der Waals surface area (Å²) >= 11 is 0. The summed E-state index contributed by atoms with van der Waals surface area (Å²) in [6, 6.07) is 7.72. The molecule has 5 rings (SSSR count). The highest BCUT2D eigenvalue weighted by molar-refractivity contribution is 5.77. The highest BCUT2D eigenvalue weighted by atomic mass is 16.1. The number of para-hydroxylation sites is 1. The molecule has 1 aliphatic carbocycles. The molecule has 2 aromatic heterocycles. The van der Waals surface area contributed by atoms with Gasteiger partial charge in [0.15, 0.2) is 0 Å². The Morgan fingerprint density at radius 2 is 1.89 bits per heavy atom. The van der Waals surface area contributed by atoms with Crippen molar-refractivity contribution in [3.8, 4) is 0 Å². The van der Waals surface area contributed by atoms with Crippen LogP contribution in [0.15, 0.2) is 41.5 Å². The predicted octanol–water partition coefficient (Wildman–Crippen LogP) is 3.25. The van der Waals surface area contributed by atoms with Crippen LogP contribution in [0.3, 0.4) is 0 Å². The van der Waals surface area contributed by atoms with Gasteiger partial charge < -0.3 is 4.90 Å². The van der Waals surface area contributed by atoms with Crippen LogP contribution in [0.4, 0.5) is 5.95 Å². The van der Waals surface area contributed by atoms with Crippen LogP contribution in [0.5, 0.6) is 0 Å². The second kappa shape index (κ2) is 6.44. The lowest BCUT2D eigenvalue weighted by atomic mass is 10.1. The predicted molar refractivity (Wildman–Crippen MR) is 105 cm³/mol. The highest BCUT2D eigenvalue weighted by Crippen LogP contribution is 2.36. The van der Waals surface area contributed by atoms with Crippen molar-refractivity contribution in [2.45, 2.75) is 45.2 Å². The van der Waals surface area contributed by atoms with Gasteiger partial charge in [-0.05, 0) is 56.2 Å². The van der Waals surface area contributed by atoms with Gasteiger partial charge in [-0.2, -0.15) is 0 Å². The van der Waals surface area contributed by atoms with E-state index in [2.05, 4.69) is 14.9 Å².